The van der Waals surface area contributed by atoms with Gasteiger partial charge in [0, 0.05) is 26.2 Å². The molecule has 2 aliphatic heterocycles. The zero-order chi connectivity index (χ0) is 15.8. The van der Waals surface area contributed by atoms with Crippen LogP contribution in [-0.2, 0) is 0 Å². The van der Waals surface area contributed by atoms with Crippen LogP contribution in [0, 0.1) is 11.8 Å². The van der Waals surface area contributed by atoms with Crippen molar-refractivity contribution in [1.82, 2.24) is 15.1 Å². The summed E-state index contributed by atoms with van der Waals surface area (Å²) < 4.78 is 0. The number of hydrogen-bond donors (Lipinski definition) is 1. The van der Waals surface area contributed by atoms with Gasteiger partial charge in [0.2, 0.25) is 0 Å². The predicted molar refractivity (Wildman–Crippen MR) is 95.4 cm³/mol. The van der Waals surface area contributed by atoms with Gasteiger partial charge in [-0.05, 0) is 70.5 Å². The Balaban J connectivity index is 1.75. The maximum atomic E-state index is 4.91. The molecule has 0 amide bonds. The molecule has 2 rings (SSSR count). The van der Waals surface area contributed by atoms with Crippen LogP contribution in [0.4, 0.5) is 0 Å². The monoisotopic (exact) mass is 308 g/mol. The molecule has 128 valence electrons. The first-order valence-electron chi connectivity index (χ1n) is 9.48. The van der Waals surface area contributed by atoms with Crippen molar-refractivity contribution in [3.63, 3.8) is 0 Å². The Morgan fingerprint density at radius 2 is 1.73 bits per heavy atom. The third kappa shape index (κ3) is 5.45. The van der Waals surface area contributed by atoms with E-state index in [1.807, 2.05) is 0 Å². The second-order valence-corrected chi connectivity index (χ2v) is 7.07. The number of piperidine rings is 2. The van der Waals surface area contributed by atoms with Crippen LogP contribution in [0.3, 0.4) is 0 Å². The molecule has 0 aliphatic carbocycles. The predicted octanol–water partition coefficient (Wildman–Crippen LogP) is 2.81. The van der Waals surface area contributed by atoms with Gasteiger partial charge < -0.3 is 15.1 Å². The van der Waals surface area contributed by atoms with Crippen molar-refractivity contribution in [2.75, 3.05) is 45.8 Å². The Morgan fingerprint density at radius 1 is 1.05 bits per heavy atom. The minimum absolute atomic E-state index is 0.878. The number of nitrogens with zero attached hydrogens (tertiary/aromatic N) is 3. The molecule has 0 aromatic heterocycles. The van der Waals surface area contributed by atoms with E-state index in [9.17, 15) is 0 Å². The Labute approximate surface area is 137 Å². The van der Waals surface area contributed by atoms with Crippen molar-refractivity contribution < 1.29 is 0 Å². The highest BCUT2D eigenvalue weighted by atomic mass is 15.3. The van der Waals surface area contributed by atoms with E-state index < -0.39 is 0 Å². The average molecular weight is 309 g/mol. The normalized spacial score (nSPS) is 23.0. The summed E-state index contributed by atoms with van der Waals surface area (Å²) in [4.78, 5) is 9.94. The Morgan fingerprint density at radius 3 is 2.32 bits per heavy atom. The number of guanidine groups is 1. The molecule has 0 radical (unpaired) electrons. The van der Waals surface area contributed by atoms with E-state index in [0.717, 1.165) is 30.9 Å². The van der Waals surface area contributed by atoms with E-state index in [1.54, 1.807) is 0 Å². The van der Waals surface area contributed by atoms with Crippen molar-refractivity contribution in [2.24, 2.45) is 16.8 Å². The smallest absolute Gasteiger partial charge is 0.193 e. The zero-order valence-corrected chi connectivity index (χ0v) is 15.0. The summed E-state index contributed by atoms with van der Waals surface area (Å²) in [5, 5.41) is 3.49. The molecular weight excluding hydrogens is 272 g/mol. The third-order valence-electron chi connectivity index (χ3n) is 5.37. The molecule has 2 fully saturated rings. The number of hydrogen-bond acceptors (Lipinski definition) is 2. The molecule has 0 saturated carbocycles. The van der Waals surface area contributed by atoms with Crippen molar-refractivity contribution in [1.29, 1.82) is 0 Å². The van der Waals surface area contributed by atoms with Crippen molar-refractivity contribution in [3.8, 4) is 0 Å². The van der Waals surface area contributed by atoms with E-state index in [1.165, 1.54) is 64.8 Å². The second kappa shape index (κ2) is 9.39. The van der Waals surface area contributed by atoms with Crippen LogP contribution in [0.2, 0.25) is 0 Å². The average Bonchev–Trinajstić information content (AvgIpc) is 2.55. The molecule has 0 aromatic carbocycles. The Hall–Kier alpha value is -0.770. The van der Waals surface area contributed by atoms with Gasteiger partial charge >= 0.3 is 0 Å². The molecule has 4 nitrogen and oxygen atoms in total. The molecule has 0 aromatic rings. The quantitative estimate of drug-likeness (QED) is 0.626. The first-order chi connectivity index (χ1) is 10.7. The molecule has 0 bridgehead atoms. The lowest BCUT2D eigenvalue weighted by Crippen LogP contribution is -2.45. The van der Waals surface area contributed by atoms with Crippen LogP contribution in [0.15, 0.2) is 4.99 Å². The van der Waals surface area contributed by atoms with E-state index in [0.29, 0.717) is 0 Å². The topological polar surface area (TPSA) is 30.9 Å². The lowest BCUT2D eigenvalue weighted by Gasteiger charge is -2.33. The molecule has 0 atom stereocenters. The SMILES string of the molecule is CCNC(=NCCC1CCN(CC)CC1)N1CCC(C)CC1. The first-order valence-corrected chi connectivity index (χ1v) is 9.48. The summed E-state index contributed by atoms with van der Waals surface area (Å²) in [6.45, 7) is 14.9. The van der Waals surface area contributed by atoms with Crippen LogP contribution >= 0.6 is 0 Å². The highest BCUT2D eigenvalue weighted by molar-refractivity contribution is 5.80. The Bertz CT molecular complexity index is 326. The minimum Gasteiger partial charge on any atom is -0.357 e. The Kier molecular flexibility index (Phi) is 7.50. The van der Waals surface area contributed by atoms with Gasteiger partial charge in [-0.3, -0.25) is 4.99 Å². The van der Waals surface area contributed by atoms with Crippen LogP contribution in [0.5, 0.6) is 0 Å². The number of likely N-dealkylation sites (tertiary alicyclic amines) is 2. The first kappa shape index (κ1) is 17.6. The van der Waals surface area contributed by atoms with Gasteiger partial charge in [-0.2, -0.15) is 0 Å². The molecule has 4 heteroatoms. The number of rotatable bonds is 5. The lowest BCUT2D eigenvalue weighted by molar-refractivity contribution is 0.188. The van der Waals surface area contributed by atoms with Gasteiger partial charge in [0.25, 0.3) is 0 Å². The highest BCUT2D eigenvalue weighted by Crippen LogP contribution is 2.20. The third-order valence-corrected chi connectivity index (χ3v) is 5.37. The van der Waals surface area contributed by atoms with Crippen LogP contribution < -0.4 is 5.32 Å². The van der Waals surface area contributed by atoms with Gasteiger partial charge in [0.05, 0.1) is 0 Å². The standard InChI is InChI=1S/C18H36N4/c1-4-19-18(22-14-7-16(3)8-15-22)20-11-6-17-9-12-21(5-2)13-10-17/h16-17H,4-15H2,1-3H3,(H,19,20). The summed E-state index contributed by atoms with van der Waals surface area (Å²) in [6, 6.07) is 0. The van der Waals surface area contributed by atoms with Gasteiger partial charge in [-0.15, -0.1) is 0 Å². The summed E-state index contributed by atoms with van der Waals surface area (Å²) in [5.41, 5.74) is 0. The molecule has 2 heterocycles. The number of aliphatic imine (C=N–C) groups is 1. The maximum Gasteiger partial charge on any atom is 0.193 e. The minimum atomic E-state index is 0.878. The fourth-order valence-electron chi connectivity index (χ4n) is 3.59. The fraction of sp³-hybridized carbons (Fsp3) is 0.944. The number of nitrogens with one attached hydrogen (secondary N) is 1. The summed E-state index contributed by atoms with van der Waals surface area (Å²) >= 11 is 0. The van der Waals surface area contributed by atoms with Crippen molar-refractivity contribution in [2.45, 2.75) is 52.9 Å². The fourth-order valence-corrected chi connectivity index (χ4v) is 3.59. The van der Waals surface area contributed by atoms with Crippen molar-refractivity contribution >= 4 is 5.96 Å². The molecular formula is C18H36N4. The molecule has 0 spiro atoms. The molecule has 2 aliphatic rings. The van der Waals surface area contributed by atoms with Gasteiger partial charge in [0.1, 0.15) is 0 Å². The molecule has 22 heavy (non-hydrogen) atoms. The van der Waals surface area contributed by atoms with Gasteiger partial charge in [-0.25, -0.2) is 0 Å². The zero-order valence-electron chi connectivity index (χ0n) is 15.0. The lowest BCUT2D eigenvalue weighted by atomic mass is 9.94. The summed E-state index contributed by atoms with van der Waals surface area (Å²) in [5.74, 6) is 2.92. The van der Waals surface area contributed by atoms with Crippen LogP contribution in [0.25, 0.3) is 0 Å². The largest absolute Gasteiger partial charge is 0.357 e. The van der Waals surface area contributed by atoms with E-state index in [4.69, 9.17) is 4.99 Å². The molecule has 1 N–H and O–H groups in total. The summed E-state index contributed by atoms with van der Waals surface area (Å²) in [7, 11) is 0. The van der Waals surface area contributed by atoms with Crippen LogP contribution in [-0.4, -0.2) is 61.6 Å². The van der Waals surface area contributed by atoms with Gasteiger partial charge in [-0.1, -0.05) is 13.8 Å². The maximum absolute atomic E-state index is 4.91. The van der Waals surface area contributed by atoms with E-state index in [2.05, 4.69) is 35.9 Å². The summed E-state index contributed by atoms with van der Waals surface area (Å²) in [6.07, 6.45) is 6.60. The van der Waals surface area contributed by atoms with Crippen molar-refractivity contribution in [3.05, 3.63) is 0 Å². The molecule has 0 unspecified atom stereocenters. The van der Waals surface area contributed by atoms with E-state index in [-0.39, 0.29) is 0 Å². The second-order valence-electron chi connectivity index (χ2n) is 7.07. The van der Waals surface area contributed by atoms with Crippen LogP contribution in [0.1, 0.15) is 52.9 Å². The highest BCUT2D eigenvalue weighted by Gasteiger charge is 2.20. The van der Waals surface area contributed by atoms with Gasteiger partial charge in [0.15, 0.2) is 5.96 Å². The molecule has 2 saturated heterocycles. The van der Waals surface area contributed by atoms with E-state index >= 15 is 0 Å².